The minimum absolute atomic E-state index is 0. The van der Waals surface area contributed by atoms with E-state index in [9.17, 15) is 22.4 Å². The fraction of sp³-hybridized carbons (Fsp3) is 0.500. The average molecular weight is 341 g/mol. The van der Waals surface area contributed by atoms with Crippen LogP contribution in [0.15, 0.2) is 18.2 Å². The third-order valence-corrected chi connectivity index (χ3v) is 3.27. The number of carbonyl (C=O) groups excluding carboxylic acids is 1. The topological polar surface area (TPSA) is 41.1 Å². The number of hydrogen-bond acceptors (Lipinski definition) is 2. The summed E-state index contributed by atoms with van der Waals surface area (Å²) in [5, 5.41) is 5.34. The Morgan fingerprint density at radius 1 is 1.27 bits per heavy atom. The first-order valence-electron chi connectivity index (χ1n) is 6.69. The molecule has 0 spiro atoms. The Labute approximate surface area is 131 Å². The predicted octanol–water partition coefficient (Wildman–Crippen LogP) is 2.88. The Morgan fingerprint density at radius 2 is 1.95 bits per heavy atom. The van der Waals surface area contributed by atoms with Crippen molar-refractivity contribution in [2.24, 2.45) is 5.92 Å². The van der Waals surface area contributed by atoms with Crippen LogP contribution in [-0.2, 0) is 17.5 Å². The second-order valence-corrected chi connectivity index (χ2v) is 5.15. The first-order chi connectivity index (χ1) is 9.86. The van der Waals surface area contributed by atoms with Gasteiger partial charge in [-0.3, -0.25) is 4.79 Å². The SMILES string of the molecule is Cl.O=C(CNCC1CC1)NCc1ccc(F)cc1C(F)(F)F. The van der Waals surface area contributed by atoms with Crippen LogP contribution in [0.25, 0.3) is 0 Å². The molecule has 0 saturated heterocycles. The Balaban J connectivity index is 0.00000242. The predicted molar refractivity (Wildman–Crippen MR) is 76.1 cm³/mol. The average Bonchev–Trinajstić information content (AvgIpc) is 3.20. The normalized spacial score (nSPS) is 14.4. The van der Waals surface area contributed by atoms with Crippen LogP contribution in [0.3, 0.4) is 0 Å². The summed E-state index contributed by atoms with van der Waals surface area (Å²) in [6, 6.07) is 2.42. The molecule has 0 unspecified atom stereocenters. The van der Waals surface area contributed by atoms with Gasteiger partial charge in [0.15, 0.2) is 0 Å². The van der Waals surface area contributed by atoms with E-state index in [0.717, 1.165) is 31.5 Å². The highest BCUT2D eigenvalue weighted by molar-refractivity contribution is 5.85. The molecule has 1 aliphatic rings. The number of benzene rings is 1. The van der Waals surface area contributed by atoms with Gasteiger partial charge in [-0.15, -0.1) is 12.4 Å². The van der Waals surface area contributed by atoms with E-state index in [1.807, 2.05) is 0 Å². The van der Waals surface area contributed by atoms with Gasteiger partial charge < -0.3 is 10.6 Å². The maximum absolute atomic E-state index is 12.9. The van der Waals surface area contributed by atoms with E-state index in [-0.39, 0.29) is 37.0 Å². The number of halogens is 5. The van der Waals surface area contributed by atoms with Gasteiger partial charge in [0.2, 0.25) is 5.91 Å². The summed E-state index contributed by atoms with van der Waals surface area (Å²) in [5.41, 5.74) is -1.21. The molecule has 1 saturated carbocycles. The summed E-state index contributed by atoms with van der Waals surface area (Å²) in [5.74, 6) is -0.719. The molecule has 22 heavy (non-hydrogen) atoms. The fourth-order valence-corrected chi connectivity index (χ4v) is 1.93. The van der Waals surface area contributed by atoms with Crippen LogP contribution in [0, 0.1) is 11.7 Å². The highest BCUT2D eigenvalue weighted by atomic mass is 35.5. The van der Waals surface area contributed by atoms with Crippen molar-refractivity contribution in [3.63, 3.8) is 0 Å². The van der Waals surface area contributed by atoms with Crippen LogP contribution in [-0.4, -0.2) is 19.0 Å². The summed E-state index contributed by atoms with van der Waals surface area (Å²) in [7, 11) is 0. The van der Waals surface area contributed by atoms with Gasteiger partial charge in [0.1, 0.15) is 5.82 Å². The molecular weight excluding hydrogens is 324 g/mol. The molecule has 3 nitrogen and oxygen atoms in total. The van der Waals surface area contributed by atoms with Gasteiger partial charge in [-0.2, -0.15) is 13.2 Å². The van der Waals surface area contributed by atoms with Crippen molar-refractivity contribution >= 4 is 18.3 Å². The zero-order chi connectivity index (χ0) is 15.5. The van der Waals surface area contributed by atoms with Crippen LogP contribution in [0.2, 0.25) is 0 Å². The maximum Gasteiger partial charge on any atom is 0.416 e. The number of carbonyl (C=O) groups is 1. The second kappa shape index (κ2) is 7.78. The molecule has 0 radical (unpaired) electrons. The highest BCUT2D eigenvalue weighted by Crippen LogP contribution is 2.32. The van der Waals surface area contributed by atoms with Crippen LogP contribution in [0.4, 0.5) is 17.6 Å². The van der Waals surface area contributed by atoms with Crippen molar-refractivity contribution in [1.29, 1.82) is 0 Å². The minimum Gasteiger partial charge on any atom is -0.351 e. The third kappa shape index (κ3) is 5.81. The molecule has 0 aliphatic heterocycles. The summed E-state index contributed by atoms with van der Waals surface area (Å²) >= 11 is 0. The number of nitrogens with one attached hydrogen (secondary N) is 2. The largest absolute Gasteiger partial charge is 0.416 e. The molecule has 1 aromatic rings. The van der Waals surface area contributed by atoms with E-state index in [0.29, 0.717) is 12.0 Å². The molecule has 0 aromatic heterocycles. The van der Waals surface area contributed by atoms with Crippen molar-refractivity contribution in [3.8, 4) is 0 Å². The van der Waals surface area contributed by atoms with Gasteiger partial charge in [0.05, 0.1) is 12.1 Å². The standard InChI is InChI=1S/C14H16F4N2O.ClH/c15-11-4-3-10(12(5-11)14(16,17)18)7-20-13(21)8-19-6-9-1-2-9;/h3-5,9,19H,1-2,6-8H2,(H,20,21);1H. The van der Waals surface area contributed by atoms with Gasteiger partial charge in [-0.1, -0.05) is 6.07 Å². The molecule has 0 heterocycles. The molecule has 1 aliphatic carbocycles. The van der Waals surface area contributed by atoms with Crippen molar-refractivity contribution in [2.45, 2.75) is 25.6 Å². The molecular formula is C14H17ClF4N2O. The number of alkyl halides is 3. The molecule has 0 atom stereocenters. The van der Waals surface area contributed by atoms with Crippen molar-refractivity contribution < 1.29 is 22.4 Å². The summed E-state index contributed by atoms with van der Waals surface area (Å²) in [6.07, 6.45) is -2.34. The fourth-order valence-electron chi connectivity index (χ4n) is 1.93. The van der Waals surface area contributed by atoms with E-state index in [2.05, 4.69) is 10.6 Å². The third-order valence-electron chi connectivity index (χ3n) is 3.27. The molecule has 124 valence electrons. The lowest BCUT2D eigenvalue weighted by Gasteiger charge is -2.13. The number of amides is 1. The van der Waals surface area contributed by atoms with Crippen LogP contribution >= 0.6 is 12.4 Å². The molecule has 0 bridgehead atoms. The zero-order valence-electron chi connectivity index (χ0n) is 11.7. The molecule has 1 aromatic carbocycles. The van der Waals surface area contributed by atoms with E-state index >= 15 is 0 Å². The van der Waals surface area contributed by atoms with Crippen molar-refractivity contribution in [3.05, 3.63) is 35.1 Å². The smallest absolute Gasteiger partial charge is 0.351 e. The van der Waals surface area contributed by atoms with Crippen molar-refractivity contribution in [1.82, 2.24) is 10.6 Å². The Morgan fingerprint density at radius 3 is 2.55 bits per heavy atom. The first kappa shape index (κ1) is 18.7. The summed E-state index contributed by atoms with van der Waals surface area (Å²) in [4.78, 5) is 11.5. The second-order valence-electron chi connectivity index (χ2n) is 5.15. The van der Waals surface area contributed by atoms with E-state index in [1.165, 1.54) is 0 Å². The number of rotatable bonds is 6. The summed E-state index contributed by atoms with van der Waals surface area (Å²) in [6.45, 7) is 0.538. The zero-order valence-corrected chi connectivity index (χ0v) is 12.5. The van der Waals surface area contributed by atoms with Gasteiger partial charge in [-0.05, 0) is 43.0 Å². The lowest BCUT2D eigenvalue weighted by atomic mass is 10.1. The quantitative estimate of drug-likeness (QED) is 0.782. The van der Waals surface area contributed by atoms with E-state index < -0.39 is 17.6 Å². The molecule has 1 fully saturated rings. The Bertz CT molecular complexity index is 518. The van der Waals surface area contributed by atoms with Gasteiger partial charge in [-0.25, -0.2) is 4.39 Å². The summed E-state index contributed by atoms with van der Waals surface area (Å²) < 4.78 is 51.2. The molecule has 8 heteroatoms. The van der Waals surface area contributed by atoms with Crippen molar-refractivity contribution in [2.75, 3.05) is 13.1 Å². The van der Waals surface area contributed by atoms with Gasteiger partial charge in [0.25, 0.3) is 0 Å². The highest BCUT2D eigenvalue weighted by Gasteiger charge is 2.33. The minimum atomic E-state index is -4.65. The van der Waals surface area contributed by atoms with E-state index in [1.54, 1.807) is 0 Å². The lowest BCUT2D eigenvalue weighted by Crippen LogP contribution is -2.34. The van der Waals surface area contributed by atoms with Crippen LogP contribution in [0.5, 0.6) is 0 Å². The maximum atomic E-state index is 12.9. The monoisotopic (exact) mass is 340 g/mol. The van der Waals surface area contributed by atoms with Gasteiger partial charge >= 0.3 is 6.18 Å². The van der Waals surface area contributed by atoms with E-state index in [4.69, 9.17) is 0 Å². The number of hydrogen-bond donors (Lipinski definition) is 2. The lowest BCUT2D eigenvalue weighted by molar-refractivity contribution is -0.138. The Hall–Kier alpha value is -1.34. The van der Waals surface area contributed by atoms with Crippen LogP contribution in [0.1, 0.15) is 24.0 Å². The first-order valence-corrected chi connectivity index (χ1v) is 6.69. The molecule has 2 N–H and O–H groups in total. The Kier molecular flexibility index (Phi) is 6.62. The molecule has 1 amide bonds. The van der Waals surface area contributed by atoms with Gasteiger partial charge in [0, 0.05) is 6.54 Å². The molecule has 2 rings (SSSR count). The van der Waals surface area contributed by atoms with Crippen LogP contribution < -0.4 is 10.6 Å².